The van der Waals surface area contributed by atoms with Crippen LogP contribution in [0.15, 0.2) is 29.3 Å². The lowest BCUT2D eigenvalue weighted by atomic mass is 9.96. The SMILES string of the molecule is CC(C)(C#N)C1=N[C@H]2c3ccccc3C[C@H]2O1. The Kier molecular flexibility index (Phi) is 2.03. The van der Waals surface area contributed by atoms with E-state index in [-0.39, 0.29) is 12.1 Å². The van der Waals surface area contributed by atoms with E-state index < -0.39 is 5.41 Å². The molecule has 86 valence electrons. The highest BCUT2D eigenvalue weighted by molar-refractivity contribution is 5.86. The summed E-state index contributed by atoms with van der Waals surface area (Å²) in [6, 6.07) is 10.6. The van der Waals surface area contributed by atoms with Gasteiger partial charge >= 0.3 is 0 Å². The summed E-state index contributed by atoms with van der Waals surface area (Å²) in [5.74, 6) is 0.588. The zero-order valence-electron chi connectivity index (χ0n) is 9.97. The fourth-order valence-corrected chi connectivity index (χ4v) is 2.45. The van der Waals surface area contributed by atoms with Crippen molar-refractivity contribution in [2.75, 3.05) is 0 Å². The molecule has 1 aromatic carbocycles. The van der Waals surface area contributed by atoms with E-state index in [1.807, 2.05) is 26.0 Å². The van der Waals surface area contributed by atoms with Gasteiger partial charge in [0.05, 0.1) is 6.07 Å². The third-order valence-corrected chi connectivity index (χ3v) is 3.48. The molecule has 0 amide bonds. The second-order valence-electron chi connectivity index (χ2n) is 5.18. The second-order valence-corrected chi connectivity index (χ2v) is 5.18. The van der Waals surface area contributed by atoms with E-state index in [2.05, 4.69) is 23.2 Å². The topological polar surface area (TPSA) is 45.4 Å². The van der Waals surface area contributed by atoms with Gasteiger partial charge in [-0.25, -0.2) is 4.99 Å². The Bertz CT molecular complexity index is 539. The van der Waals surface area contributed by atoms with Gasteiger partial charge in [0.15, 0.2) is 0 Å². The molecule has 3 heteroatoms. The van der Waals surface area contributed by atoms with E-state index in [0.29, 0.717) is 5.90 Å². The molecule has 2 aliphatic rings. The fourth-order valence-electron chi connectivity index (χ4n) is 2.45. The van der Waals surface area contributed by atoms with Crippen molar-refractivity contribution in [3.8, 4) is 6.07 Å². The quantitative estimate of drug-likeness (QED) is 0.739. The van der Waals surface area contributed by atoms with E-state index >= 15 is 0 Å². The number of ether oxygens (including phenoxy) is 1. The Morgan fingerprint density at radius 1 is 1.41 bits per heavy atom. The average Bonchev–Trinajstić information content (AvgIpc) is 2.86. The number of nitrogens with zero attached hydrogens (tertiary/aromatic N) is 2. The number of rotatable bonds is 1. The van der Waals surface area contributed by atoms with Crippen molar-refractivity contribution < 1.29 is 4.74 Å². The van der Waals surface area contributed by atoms with Crippen molar-refractivity contribution >= 4 is 5.90 Å². The minimum Gasteiger partial charge on any atom is -0.474 e. The maximum absolute atomic E-state index is 9.10. The summed E-state index contributed by atoms with van der Waals surface area (Å²) in [6.45, 7) is 3.69. The molecule has 0 saturated carbocycles. The molecule has 0 saturated heterocycles. The van der Waals surface area contributed by atoms with Crippen molar-refractivity contribution in [1.29, 1.82) is 5.26 Å². The molecular formula is C14H14N2O. The smallest absolute Gasteiger partial charge is 0.204 e. The van der Waals surface area contributed by atoms with Crippen molar-refractivity contribution in [1.82, 2.24) is 0 Å². The molecule has 1 aliphatic carbocycles. The lowest BCUT2D eigenvalue weighted by molar-refractivity contribution is 0.190. The van der Waals surface area contributed by atoms with E-state index in [1.54, 1.807) is 0 Å². The standard InChI is InChI=1S/C14H14N2O/c1-14(2,8-15)13-16-12-10-6-4-3-5-9(10)7-11(12)17-13/h3-6,11-12H,7H2,1-2H3/t11-,12+/m1/s1. The predicted molar refractivity (Wildman–Crippen MR) is 64.6 cm³/mol. The third-order valence-electron chi connectivity index (χ3n) is 3.48. The van der Waals surface area contributed by atoms with Crippen LogP contribution in [-0.2, 0) is 11.2 Å². The molecule has 0 N–H and O–H groups in total. The monoisotopic (exact) mass is 226 g/mol. The molecule has 1 aromatic rings. The molecule has 1 aliphatic heterocycles. The number of hydrogen-bond donors (Lipinski definition) is 0. The van der Waals surface area contributed by atoms with Gasteiger partial charge in [-0.1, -0.05) is 24.3 Å². The summed E-state index contributed by atoms with van der Waals surface area (Å²) in [7, 11) is 0. The van der Waals surface area contributed by atoms with Crippen LogP contribution in [0.5, 0.6) is 0 Å². The van der Waals surface area contributed by atoms with E-state index in [1.165, 1.54) is 11.1 Å². The minimum absolute atomic E-state index is 0.0915. The van der Waals surface area contributed by atoms with Gasteiger partial charge in [-0.15, -0.1) is 0 Å². The van der Waals surface area contributed by atoms with Crippen LogP contribution in [0.1, 0.15) is 31.0 Å². The highest BCUT2D eigenvalue weighted by Gasteiger charge is 2.43. The van der Waals surface area contributed by atoms with Crippen LogP contribution in [0.2, 0.25) is 0 Å². The first-order valence-electron chi connectivity index (χ1n) is 5.86. The second kappa shape index (κ2) is 3.33. The molecule has 3 rings (SSSR count). The molecular weight excluding hydrogens is 212 g/mol. The van der Waals surface area contributed by atoms with Crippen LogP contribution in [-0.4, -0.2) is 12.0 Å². The molecule has 17 heavy (non-hydrogen) atoms. The van der Waals surface area contributed by atoms with Crippen LogP contribution in [0.4, 0.5) is 0 Å². The Hall–Kier alpha value is -1.82. The van der Waals surface area contributed by atoms with Crippen LogP contribution in [0.25, 0.3) is 0 Å². The first-order chi connectivity index (χ1) is 8.12. The van der Waals surface area contributed by atoms with Gasteiger partial charge < -0.3 is 4.74 Å². The van der Waals surface area contributed by atoms with Gasteiger partial charge in [-0.05, 0) is 25.0 Å². The zero-order chi connectivity index (χ0) is 12.0. The van der Waals surface area contributed by atoms with Gasteiger partial charge in [0.2, 0.25) is 5.90 Å². The molecule has 2 atom stereocenters. The Balaban J connectivity index is 1.98. The molecule has 0 bridgehead atoms. The third kappa shape index (κ3) is 1.44. The molecule has 1 heterocycles. The number of nitriles is 1. The highest BCUT2D eigenvalue weighted by Crippen LogP contribution is 2.42. The lowest BCUT2D eigenvalue weighted by Crippen LogP contribution is -2.25. The van der Waals surface area contributed by atoms with Crippen molar-refractivity contribution in [2.45, 2.75) is 32.4 Å². The van der Waals surface area contributed by atoms with Crippen molar-refractivity contribution in [3.05, 3.63) is 35.4 Å². The van der Waals surface area contributed by atoms with Gasteiger partial charge in [0.25, 0.3) is 0 Å². The fraction of sp³-hybridized carbons (Fsp3) is 0.429. The lowest BCUT2D eigenvalue weighted by Gasteiger charge is -2.16. The zero-order valence-corrected chi connectivity index (χ0v) is 9.97. The maximum Gasteiger partial charge on any atom is 0.204 e. The summed E-state index contributed by atoms with van der Waals surface area (Å²) in [4.78, 5) is 4.61. The van der Waals surface area contributed by atoms with E-state index in [4.69, 9.17) is 10.00 Å². The largest absolute Gasteiger partial charge is 0.474 e. The van der Waals surface area contributed by atoms with Crippen LogP contribution in [0.3, 0.4) is 0 Å². The summed E-state index contributed by atoms with van der Waals surface area (Å²) in [6.07, 6.45) is 0.991. The Morgan fingerprint density at radius 3 is 2.94 bits per heavy atom. The summed E-state index contributed by atoms with van der Waals surface area (Å²) in [5.41, 5.74) is 1.94. The number of hydrogen-bond acceptors (Lipinski definition) is 3. The number of aliphatic imine (C=N–C) groups is 1. The average molecular weight is 226 g/mol. The van der Waals surface area contributed by atoms with Crippen LogP contribution in [0, 0.1) is 16.7 Å². The molecule has 0 radical (unpaired) electrons. The van der Waals surface area contributed by atoms with Crippen LogP contribution < -0.4 is 0 Å². The van der Waals surface area contributed by atoms with Crippen molar-refractivity contribution in [3.63, 3.8) is 0 Å². The maximum atomic E-state index is 9.10. The number of fused-ring (bicyclic) bond motifs is 3. The van der Waals surface area contributed by atoms with Gasteiger partial charge in [0, 0.05) is 6.42 Å². The van der Waals surface area contributed by atoms with E-state index in [0.717, 1.165) is 6.42 Å². The molecule has 3 nitrogen and oxygen atoms in total. The summed E-state index contributed by atoms with van der Waals surface area (Å²) in [5, 5.41) is 9.10. The predicted octanol–water partition coefficient (Wildman–Crippen LogP) is 2.63. The minimum atomic E-state index is -0.626. The first-order valence-corrected chi connectivity index (χ1v) is 5.86. The van der Waals surface area contributed by atoms with Gasteiger partial charge in [0.1, 0.15) is 17.6 Å². The molecule has 0 aromatic heterocycles. The summed E-state index contributed by atoms with van der Waals surface area (Å²) >= 11 is 0. The molecule has 0 spiro atoms. The van der Waals surface area contributed by atoms with Crippen LogP contribution >= 0.6 is 0 Å². The van der Waals surface area contributed by atoms with E-state index in [9.17, 15) is 0 Å². The van der Waals surface area contributed by atoms with Crippen molar-refractivity contribution in [2.24, 2.45) is 10.4 Å². The van der Waals surface area contributed by atoms with Gasteiger partial charge in [-0.3, -0.25) is 0 Å². The Morgan fingerprint density at radius 2 is 2.18 bits per heavy atom. The Labute approximate surface area is 101 Å². The highest BCUT2D eigenvalue weighted by atomic mass is 16.5. The molecule has 0 unspecified atom stereocenters. The van der Waals surface area contributed by atoms with Gasteiger partial charge in [-0.2, -0.15) is 5.26 Å². The first kappa shape index (κ1) is 10.3. The summed E-state index contributed by atoms with van der Waals surface area (Å²) < 4.78 is 5.85. The number of benzene rings is 1. The normalized spacial score (nSPS) is 25.6. The molecule has 0 fully saturated rings.